The van der Waals surface area contributed by atoms with Crippen molar-refractivity contribution >= 4 is 0 Å². The lowest BCUT2D eigenvalue weighted by atomic mass is 9.98. The number of nitrogens with zero attached hydrogens (tertiary/aromatic N) is 6. The van der Waals surface area contributed by atoms with Crippen molar-refractivity contribution in [2.24, 2.45) is 0 Å². The summed E-state index contributed by atoms with van der Waals surface area (Å²) in [6.45, 7) is 3.53. The molecule has 0 aliphatic rings. The Kier molecular flexibility index (Phi) is 7.59. The van der Waals surface area contributed by atoms with E-state index in [9.17, 15) is 4.79 Å². The van der Waals surface area contributed by atoms with Crippen molar-refractivity contribution in [2.45, 2.75) is 39.2 Å². The summed E-state index contributed by atoms with van der Waals surface area (Å²) >= 11 is 0. The number of hydrogen-bond acceptors (Lipinski definition) is 6. The summed E-state index contributed by atoms with van der Waals surface area (Å²) in [5.74, 6) is 1.43. The molecule has 8 nitrogen and oxygen atoms in total. The largest absolute Gasteiger partial charge is 0.309 e. The first-order chi connectivity index (χ1) is 16.5. The summed E-state index contributed by atoms with van der Waals surface area (Å²) in [7, 11) is 4.06. The molecule has 176 valence electrons. The van der Waals surface area contributed by atoms with Crippen LogP contribution in [0.2, 0.25) is 0 Å². The van der Waals surface area contributed by atoms with E-state index in [1.54, 1.807) is 6.07 Å². The average molecular weight is 458 g/mol. The molecule has 4 aromatic rings. The summed E-state index contributed by atoms with van der Waals surface area (Å²) in [6.07, 6.45) is 3.65. The highest BCUT2D eigenvalue weighted by Crippen LogP contribution is 2.29. The smallest absolute Gasteiger partial charge is 0.254 e. The van der Waals surface area contributed by atoms with E-state index in [0.717, 1.165) is 66.0 Å². The number of H-pyrrole nitrogens is 1. The van der Waals surface area contributed by atoms with E-state index < -0.39 is 0 Å². The molecule has 0 aliphatic carbocycles. The molecule has 0 radical (unpaired) electrons. The summed E-state index contributed by atoms with van der Waals surface area (Å²) in [5, 5.41) is 14.4. The molecule has 1 N–H and O–H groups in total. The molecule has 34 heavy (non-hydrogen) atoms. The van der Waals surface area contributed by atoms with Crippen LogP contribution in [0.1, 0.15) is 36.8 Å². The maximum Gasteiger partial charge on any atom is 0.254 e. The quantitative estimate of drug-likeness (QED) is 0.391. The summed E-state index contributed by atoms with van der Waals surface area (Å²) in [6, 6.07) is 18.0. The number of unbranched alkanes of at least 4 members (excludes halogenated alkanes) is 1. The van der Waals surface area contributed by atoms with Crippen molar-refractivity contribution < 1.29 is 0 Å². The number of benzene rings is 2. The van der Waals surface area contributed by atoms with Gasteiger partial charge in [-0.1, -0.05) is 61.9 Å². The molecule has 0 aliphatic heterocycles. The van der Waals surface area contributed by atoms with Gasteiger partial charge in [0, 0.05) is 36.7 Å². The second kappa shape index (κ2) is 11.0. The molecular formula is C26H31N7O. The van der Waals surface area contributed by atoms with Gasteiger partial charge in [0.1, 0.15) is 5.82 Å². The predicted molar refractivity (Wildman–Crippen MR) is 134 cm³/mol. The van der Waals surface area contributed by atoms with Crippen molar-refractivity contribution in [3.63, 3.8) is 0 Å². The molecule has 0 bridgehead atoms. The fraction of sp³-hybridized carbons (Fsp3) is 0.346. The molecule has 8 heteroatoms. The number of aromatic amines is 1. The zero-order valence-electron chi connectivity index (χ0n) is 20.0. The Hall–Kier alpha value is -3.65. The lowest BCUT2D eigenvalue weighted by molar-refractivity contribution is 0.410. The van der Waals surface area contributed by atoms with E-state index in [4.69, 9.17) is 4.98 Å². The van der Waals surface area contributed by atoms with Gasteiger partial charge in [-0.05, 0) is 42.4 Å². The second-order valence-corrected chi connectivity index (χ2v) is 8.72. The fourth-order valence-electron chi connectivity index (χ4n) is 3.95. The van der Waals surface area contributed by atoms with Crippen molar-refractivity contribution in [1.82, 2.24) is 35.1 Å². The molecule has 0 atom stereocenters. The van der Waals surface area contributed by atoms with Crippen LogP contribution >= 0.6 is 0 Å². The molecule has 2 heterocycles. The third-order valence-corrected chi connectivity index (χ3v) is 5.83. The lowest BCUT2D eigenvalue weighted by Crippen LogP contribution is -2.27. The molecule has 2 aromatic carbocycles. The number of aromatic nitrogens is 6. The number of tetrazole rings is 1. The van der Waals surface area contributed by atoms with Crippen molar-refractivity contribution in [3.05, 3.63) is 82.0 Å². The number of aryl methyl sites for hydroxylation is 1. The molecule has 2 aromatic heterocycles. The Morgan fingerprint density at radius 2 is 1.76 bits per heavy atom. The van der Waals surface area contributed by atoms with Crippen LogP contribution in [0.15, 0.2) is 59.4 Å². The van der Waals surface area contributed by atoms with Gasteiger partial charge in [0.2, 0.25) is 5.82 Å². The van der Waals surface area contributed by atoms with E-state index in [1.165, 1.54) is 0 Å². The van der Waals surface area contributed by atoms with E-state index in [2.05, 4.69) is 56.7 Å². The maximum absolute atomic E-state index is 13.0. The van der Waals surface area contributed by atoms with Gasteiger partial charge >= 0.3 is 0 Å². The minimum absolute atomic E-state index is 0.0152. The van der Waals surface area contributed by atoms with Gasteiger partial charge in [0.05, 0.1) is 6.54 Å². The highest BCUT2D eigenvalue weighted by Gasteiger charge is 2.12. The van der Waals surface area contributed by atoms with E-state index in [1.807, 2.05) is 42.9 Å². The zero-order valence-corrected chi connectivity index (χ0v) is 20.0. The van der Waals surface area contributed by atoms with E-state index >= 15 is 0 Å². The van der Waals surface area contributed by atoms with Crippen molar-refractivity contribution in [3.8, 4) is 22.5 Å². The Morgan fingerprint density at radius 1 is 1.00 bits per heavy atom. The average Bonchev–Trinajstić information content (AvgIpc) is 3.38. The van der Waals surface area contributed by atoms with Crippen molar-refractivity contribution in [2.75, 3.05) is 20.6 Å². The molecule has 0 spiro atoms. The summed E-state index contributed by atoms with van der Waals surface area (Å²) in [5.41, 5.74) is 4.95. The number of hydrogen-bond donors (Lipinski definition) is 1. The lowest BCUT2D eigenvalue weighted by Gasteiger charge is -2.15. The fourth-order valence-corrected chi connectivity index (χ4v) is 3.95. The van der Waals surface area contributed by atoms with Crippen LogP contribution in [-0.4, -0.2) is 55.7 Å². The van der Waals surface area contributed by atoms with Crippen LogP contribution in [0.4, 0.5) is 0 Å². The zero-order chi connectivity index (χ0) is 23.9. The van der Waals surface area contributed by atoms with Gasteiger partial charge in [-0.3, -0.25) is 9.36 Å². The monoisotopic (exact) mass is 457 g/mol. The highest BCUT2D eigenvalue weighted by atomic mass is 16.1. The Balaban J connectivity index is 1.60. The van der Waals surface area contributed by atoms with Crippen LogP contribution in [0.5, 0.6) is 0 Å². The van der Waals surface area contributed by atoms with E-state index in [0.29, 0.717) is 12.4 Å². The molecule has 0 fully saturated rings. The Bertz CT molecular complexity index is 1260. The van der Waals surface area contributed by atoms with Crippen LogP contribution in [0.25, 0.3) is 22.5 Å². The van der Waals surface area contributed by atoms with Crippen LogP contribution in [0, 0.1) is 0 Å². The first kappa shape index (κ1) is 23.5. The first-order valence-corrected chi connectivity index (χ1v) is 11.7. The normalized spacial score (nSPS) is 11.3. The van der Waals surface area contributed by atoms with Gasteiger partial charge < -0.3 is 4.90 Å². The molecule has 0 saturated heterocycles. The van der Waals surface area contributed by atoms with Crippen molar-refractivity contribution in [1.29, 1.82) is 0 Å². The van der Waals surface area contributed by atoms with Gasteiger partial charge in [-0.2, -0.15) is 5.21 Å². The first-order valence-electron chi connectivity index (χ1n) is 11.7. The molecule has 0 unspecified atom stereocenters. The maximum atomic E-state index is 13.0. The minimum atomic E-state index is 0.0152. The van der Waals surface area contributed by atoms with Gasteiger partial charge in [-0.25, -0.2) is 4.98 Å². The topological polar surface area (TPSA) is 92.6 Å². The van der Waals surface area contributed by atoms with Gasteiger partial charge in [0.15, 0.2) is 0 Å². The number of likely N-dealkylation sites (N-methyl/N-ethyl adjacent to an activating group) is 1. The summed E-state index contributed by atoms with van der Waals surface area (Å²) < 4.78 is 1.82. The molecular weight excluding hydrogens is 426 g/mol. The SMILES string of the molecule is CCCCc1nc(CCN(C)C)cc(=O)n1Cc1ccc(-c2ccccc2-c2nn[nH]n2)cc1. The highest BCUT2D eigenvalue weighted by molar-refractivity contribution is 5.80. The van der Waals surface area contributed by atoms with Gasteiger partial charge in [0.25, 0.3) is 5.56 Å². The molecule has 4 rings (SSSR count). The van der Waals surface area contributed by atoms with Gasteiger partial charge in [-0.15, -0.1) is 10.2 Å². The predicted octanol–water partition coefficient (Wildman–Crippen LogP) is 3.59. The Labute approximate surface area is 199 Å². The Morgan fingerprint density at radius 3 is 2.44 bits per heavy atom. The van der Waals surface area contributed by atoms with Crippen LogP contribution in [0.3, 0.4) is 0 Å². The number of nitrogens with one attached hydrogen (secondary N) is 1. The number of rotatable bonds is 10. The summed E-state index contributed by atoms with van der Waals surface area (Å²) in [4.78, 5) is 20.0. The molecule has 0 amide bonds. The van der Waals surface area contributed by atoms with E-state index in [-0.39, 0.29) is 5.56 Å². The van der Waals surface area contributed by atoms with Crippen LogP contribution in [-0.2, 0) is 19.4 Å². The standard InChI is InChI=1S/C26H31N7O/c1-4-5-10-24-27-21(15-16-32(2)3)17-25(34)33(24)18-19-11-13-20(14-12-19)22-8-6-7-9-23(22)26-28-30-31-29-26/h6-9,11-14,17H,4-5,10,15-16,18H2,1-3H3,(H,28,29,30,31). The minimum Gasteiger partial charge on any atom is -0.309 e. The third-order valence-electron chi connectivity index (χ3n) is 5.83. The van der Waals surface area contributed by atoms with Crippen LogP contribution < -0.4 is 5.56 Å². The third kappa shape index (κ3) is 5.63. The molecule has 0 saturated carbocycles. The second-order valence-electron chi connectivity index (χ2n) is 8.72.